The van der Waals surface area contributed by atoms with Crippen LogP contribution in [0, 0.1) is 0 Å². The van der Waals surface area contributed by atoms with E-state index in [4.69, 9.17) is 0 Å². The third-order valence-electron chi connectivity index (χ3n) is 4.48. The minimum Gasteiger partial charge on any atom is -0.354 e. The molecule has 1 aliphatic heterocycles. The third kappa shape index (κ3) is 3.51. The van der Waals surface area contributed by atoms with E-state index >= 15 is 0 Å². The number of imidazole rings is 1. The van der Waals surface area contributed by atoms with Crippen LogP contribution in [0.5, 0.6) is 0 Å². The van der Waals surface area contributed by atoms with Crippen molar-refractivity contribution in [1.29, 1.82) is 0 Å². The van der Waals surface area contributed by atoms with Gasteiger partial charge in [0.25, 0.3) is 0 Å². The number of nitrogens with one attached hydrogen (secondary N) is 1. The number of fused-ring (bicyclic) bond motifs is 1. The Kier molecular flexibility index (Phi) is 4.77. The predicted molar refractivity (Wildman–Crippen MR) is 95.1 cm³/mol. The molecule has 1 fully saturated rings. The van der Waals surface area contributed by atoms with Crippen molar-refractivity contribution in [2.75, 3.05) is 31.1 Å². The summed E-state index contributed by atoms with van der Waals surface area (Å²) >= 11 is 0. The Morgan fingerprint density at radius 1 is 1.08 bits per heavy atom. The van der Waals surface area contributed by atoms with Gasteiger partial charge in [-0.15, -0.1) is 0 Å². The number of alkyl halides is 2. The van der Waals surface area contributed by atoms with Crippen molar-refractivity contribution in [3.63, 3.8) is 0 Å². The zero-order valence-electron chi connectivity index (χ0n) is 14.1. The molecule has 1 aromatic carbocycles. The summed E-state index contributed by atoms with van der Waals surface area (Å²) in [5.74, 6) is 0.965. The normalized spacial score (nSPS) is 15.1. The molecular formula is C18H19F2N5O. The molecule has 0 amide bonds. The van der Waals surface area contributed by atoms with Gasteiger partial charge in [-0.25, -0.2) is 9.97 Å². The maximum Gasteiger partial charge on any atom is 0.346 e. The molecule has 0 aliphatic carbocycles. The number of anilines is 1. The molecule has 0 spiro atoms. The highest BCUT2D eigenvalue weighted by atomic mass is 19.3. The van der Waals surface area contributed by atoms with Crippen LogP contribution >= 0.6 is 0 Å². The number of pyridine rings is 1. The first-order chi connectivity index (χ1) is 12.7. The lowest BCUT2D eigenvalue weighted by Gasteiger charge is -2.28. The van der Waals surface area contributed by atoms with E-state index < -0.39 is 6.61 Å². The summed E-state index contributed by atoms with van der Waals surface area (Å²) < 4.78 is 30.5. The van der Waals surface area contributed by atoms with E-state index in [1.54, 1.807) is 4.57 Å². The zero-order valence-corrected chi connectivity index (χ0v) is 14.1. The SMILES string of the molecule is FC(F)OCn1cnc2ccc(-c3ccc(N4CCNCC4)nc3)cc21. The van der Waals surface area contributed by atoms with Crippen LogP contribution in [0.3, 0.4) is 0 Å². The van der Waals surface area contributed by atoms with Gasteiger partial charge in [-0.2, -0.15) is 8.78 Å². The van der Waals surface area contributed by atoms with Crippen molar-refractivity contribution in [3.8, 4) is 11.1 Å². The topological polar surface area (TPSA) is 55.2 Å². The van der Waals surface area contributed by atoms with E-state index in [-0.39, 0.29) is 6.73 Å². The lowest BCUT2D eigenvalue weighted by Crippen LogP contribution is -2.43. The van der Waals surface area contributed by atoms with Crippen molar-refractivity contribution >= 4 is 16.9 Å². The summed E-state index contributed by atoms with van der Waals surface area (Å²) in [5, 5.41) is 3.32. The highest BCUT2D eigenvalue weighted by Gasteiger charge is 2.12. The van der Waals surface area contributed by atoms with E-state index in [0.717, 1.165) is 54.2 Å². The van der Waals surface area contributed by atoms with Crippen LogP contribution in [-0.4, -0.2) is 47.3 Å². The Hall–Kier alpha value is -2.58. The van der Waals surface area contributed by atoms with Crippen LogP contribution in [0.2, 0.25) is 0 Å². The molecule has 1 N–H and O–H groups in total. The standard InChI is InChI=1S/C18H19F2N5O/c19-18(20)26-12-25-11-23-15-3-1-13(9-16(15)25)14-2-4-17(22-10-14)24-7-5-21-6-8-24/h1-4,9-11,18,21H,5-8,12H2. The van der Waals surface area contributed by atoms with E-state index in [1.165, 1.54) is 6.33 Å². The largest absolute Gasteiger partial charge is 0.354 e. The first-order valence-electron chi connectivity index (χ1n) is 8.47. The van der Waals surface area contributed by atoms with E-state index in [0.29, 0.717) is 0 Å². The number of piperazine rings is 1. The highest BCUT2D eigenvalue weighted by molar-refractivity contribution is 5.82. The molecule has 2 aromatic heterocycles. The van der Waals surface area contributed by atoms with Gasteiger partial charge in [0.05, 0.1) is 17.4 Å². The summed E-state index contributed by atoms with van der Waals surface area (Å²) in [6, 6.07) is 9.78. The molecule has 136 valence electrons. The average Bonchev–Trinajstić information content (AvgIpc) is 3.09. The molecular weight excluding hydrogens is 340 g/mol. The first-order valence-corrected chi connectivity index (χ1v) is 8.47. The Morgan fingerprint density at radius 3 is 2.62 bits per heavy atom. The monoisotopic (exact) mass is 359 g/mol. The van der Waals surface area contributed by atoms with Gasteiger partial charge < -0.3 is 19.5 Å². The molecule has 6 nitrogen and oxygen atoms in total. The van der Waals surface area contributed by atoms with Crippen LogP contribution in [0.1, 0.15) is 0 Å². The van der Waals surface area contributed by atoms with Crippen LogP contribution in [0.15, 0.2) is 42.9 Å². The lowest BCUT2D eigenvalue weighted by molar-refractivity contribution is -0.152. The Balaban J connectivity index is 1.58. The van der Waals surface area contributed by atoms with Crippen LogP contribution in [-0.2, 0) is 11.5 Å². The van der Waals surface area contributed by atoms with Gasteiger partial charge in [-0.3, -0.25) is 0 Å². The highest BCUT2D eigenvalue weighted by Crippen LogP contribution is 2.25. The summed E-state index contributed by atoms with van der Waals surface area (Å²) in [6.45, 7) is 0.772. The smallest absolute Gasteiger partial charge is 0.346 e. The molecule has 8 heteroatoms. The molecule has 0 atom stereocenters. The molecule has 26 heavy (non-hydrogen) atoms. The van der Waals surface area contributed by atoms with Gasteiger partial charge in [0.2, 0.25) is 0 Å². The van der Waals surface area contributed by atoms with Gasteiger partial charge in [-0.1, -0.05) is 6.07 Å². The molecule has 4 rings (SSSR count). The second kappa shape index (κ2) is 7.35. The number of ether oxygens (including phenoxy) is 1. The van der Waals surface area contributed by atoms with Crippen molar-refractivity contribution in [3.05, 3.63) is 42.9 Å². The van der Waals surface area contributed by atoms with Crippen LogP contribution in [0.25, 0.3) is 22.2 Å². The Morgan fingerprint density at radius 2 is 1.88 bits per heavy atom. The number of rotatable bonds is 5. The van der Waals surface area contributed by atoms with Gasteiger partial charge in [0, 0.05) is 37.9 Å². The molecule has 3 heterocycles. The molecule has 1 aliphatic rings. The summed E-state index contributed by atoms with van der Waals surface area (Å²) in [7, 11) is 0. The van der Waals surface area contributed by atoms with Crippen molar-refractivity contribution in [2.24, 2.45) is 0 Å². The fourth-order valence-corrected chi connectivity index (χ4v) is 3.11. The number of aromatic nitrogens is 3. The summed E-state index contributed by atoms with van der Waals surface area (Å²) in [6.07, 6.45) is 3.34. The van der Waals surface area contributed by atoms with Gasteiger partial charge in [-0.05, 0) is 29.8 Å². The summed E-state index contributed by atoms with van der Waals surface area (Å²) in [5.41, 5.74) is 3.40. The molecule has 0 radical (unpaired) electrons. The van der Waals surface area contributed by atoms with E-state index in [2.05, 4.69) is 24.9 Å². The second-order valence-electron chi connectivity index (χ2n) is 6.12. The number of benzene rings is 1. The van der Waals surface area contributed by atoms with Crippen molar-refractivity contribution in [2.45, 2.75) is 13.3 Å². The Labute approximate surface area is 149 Å². The quantitative estimate of drug-likeness (QED) is 0.759. The lowest BCUT2D eigenvalue weighted by atomic mass is 10.1. The zero-order chi connectivity index (χ0) is 17.9. The minimum absolute atomic E-state index is 0.238. The fourth-order valence-electron chi connectivity index (χ4n) is 3.11. The number of hydrogen-bond donors (Lipinski definition) is 1. The van der Waals surface area contributed by atoms with Gasteiger partial charge in [0.15, 0.2) is 0 Å². The molecule has 0 saturated carbocycles. The molecule has 1 saturated heterocycles. The molecule has 0 bridgehead atoms. The van der Waals surface area contributed by atoms with Gasteiger partial charge in [0.1, 0.15) is 12.5 Å². The van der Waals surface area contributed by atoms with Crippen molar-refractivity contribution < 1.29 is 13.5 Å². The average molecular weight is 359 g/mol. The third-order valence-corrected chi connectivity index (χ3v) is 4.48. The first kappa shape index (κ1) is 16.9. The van der Waals surface area contributed by atoms with Gasteiger partial charge >= 0.3 is 6.61 Å². The number of hydrogen-bond acceptors (Lipinski definition) is 5. The molecule has 3 aromatic rings. The van der Waals surface area contributed by atoms with Crippen LogP contribution in [0.4, 0.5) is 14.6 Å². The minimum atomic E-state index is -2.81. The second-order valence-corrected chi connectivity index (χ2v) is 6.12. The fraction of sp³-hybridized carbons (Fsp3) is 0.333. The Bertz CT molecular complexity index is 875. The number of nitrogens with zero attached hydrogens (tertiary/aromatic N) is 4. The van der Waals surface area contributed by atoms with E-state index in [1.807, 2.05) is 36.5 Å². The maximum absolute atomic E-state index is 12.3. The van der Waals surface area contributed by atoms with Crippen LogP contribution < -0.4 is 10.2 Å². The number of halogens is 2. The maximum atomic E-state index is 12.3. The van der Waals surface area contributed by atoms with E-state index in [9.17, 15) is 8.78 Å². The summed E-state index contributed by atoms with van der Waals surface area (Å²) in [4.78, 5) is 11.0. The molecule has 0 unspecified atom stereocenters. The predicted octanol–water partition coefficient (Wildman–Crippen LogP) is 2.70. The van der Waals surface area contributed by atoms with Crippen molar-refractivity contribution in [1.82, 2.24) is 19.9 Å².